The molecule has 18 heavy (non-hydrogen) atoms. The Morgan fingerprint density at radius 1 is 1.11 bits per heavy atom. The van der Waals surface area contributed by atoms with Gasteiger partial charge in [0.15, 0.2) is 0 Å². The van der Waals surface area contributed by atoms with Crippen LogP contribution in [0.3, 0.4) is 0 Å². The summed E-state index contributed by atoms with van der Waals surface area (Å²) in [6.45, 7) is 6.34. The molecule has 3 heteroatoms. The highest BCUT2D eigenvalue weighted by Crippen LogP contribution is 2.28. The maximum Gasteiger partial charge on any atom is 0.360 e. The van der Waals surface area contributed by atoms with E-state index in [1.165, 1.54) is 0 Å². The molecule has 1 N–H and O–H groups in total. The van der Waals surface area contributed by atoms with Crippen LogP contribution in [-0.4, -0.2) is 4.98 Å². The molecule has 3 rings (SSSR count). The maximum absolute atomic E-state index is 11.9. The fourth-order valence-electron chi connectivity index (χ4n) is 2.16. The van der Waals surface area contributed by atoms with E-state index in [1.54, 1.807) is 0 Å². The normalized spacial score (nSPS) is 12.4. The molecule has 0 bridgehead atoms. The summed E-state index contributed by atoms with van der Waals surface area (Å²) in [5, 5.41) is 1.91. The zero-order chi connectivity index (χ0) is 12.9. The zero-order valence-electron chi connectivity index (χ0n) is 10.7. The summed E-state index contributed by atoms with van der Waals surface area (Å²) in [6.07, 6.45) is 0. The number of H-pyrrole nitrogens is 1. The van der Waals surface area contributed by atoms with Crippen LogP contribution in [-0.2, 0) is 5.41 Å². The van der Waals surface area contributed by atoms with Gasteiger partial charge in [-0.15, -0.1) is 0 Å². The van der Waals surface area contributed by atoms with E-state index in [9.17, 15) is 4.79 Å². The number of para-hydroxylation sites is 1. The second kappa shape index (κ2) is 3.48. The third-order valence-corrected chi connectivity index (χ3v) is 3.21. The number of fused-ring (bicyclic) bond motifs is 3. The van der Waals surface area contributed by atoms with Gasteiger partial charge < -0.3 is 9.40 Å². The van der Waals surface area contributed by atoms with Gasteiger partial charge in [0, 0.05) is 21.9 Å². The SMILES string of the molecule is CC(C)(C)c1cc2c([nH]1)c(=O)oc1ccccc12. The summed E-state index contributed by atoms with van der Waals surface area (Å²) in [4.78, 5) is 15.1. The van der Waals surface area contributed by atoms with Crippen molar-refractivity contribution in [2.75, 3.05) is 0 Å². The van der Waals surface area contributed by atoms with Crippen molar-refractivity contribution in [2.24, 2.45) is 0 Å². The van der Waals surface area contributed by atoms with Crippen LogP contribution in [0.2, 0.25) is 0 Å². The number of aromatic nitrogens is 1. The van der Waals surface area contributed by atoms with Crippen LogP contribution in [0.15, 0.2) is 39.5 Å². The first-order valence-electron chi connectivity index (χ1n) is 6.02. The van der Waals surface area contributed by atoms with Crippen molar-refractivity contribution in [3.63, 3.8) is 0 Å². The summed E-state index contributed by atoms with van der Waals surface area (Å²) < 4.78 is 5.31. The van der Waals surface area contributed by atoms with Crippen LogP contribution >= 0.6 is 0 Å². The predicted molar refractivity (Wildman–Crippen MR) is 73.0 cm³/mol. The third-order valence-electron chi connectivity index (χ3n) is 3.21. The lowest BCUT2D eigenvalue weighted by Gasteiger charge is -2.15. The number of rotatable bonds is 0. The Kier molecular flexibility index (Phi) is 2.14. The van der Waals surface area contributed by atoms with Gasteiger partial charge in [0.2, 0.25) is 0 Å². The zero-order valence-corrected chi connectivity index (χ0v) is 10.7. The van der Waals surface area contributed by atoms with Crippen LogP contribution in [0.4, 0.5) is 0 Å². The molecule has 1 aromatic carbocycles. The number of hydrogen-bond acceptors (Lipinski definition) is 2. The van der Waals surface area contributed by atoms with E-state index in [4.69, 9.17) is 4.42 Å². The summed E-state index contributed by atoms with van der Waals surface area (Å²) in [7, 11) is 0. The molecule has 2 aromatic heterocycles. The van der Waals surface area contributed by atoms with Crippen LogP contribution in [0.1, 0.15) is 26.5 Å². The van der Waals surface area contributed by atoms with Gasteiger partial charge in [0.1, 0.15) is 11.1 Å². The lowest BCUT2D eigenvalue weighted by Crippen LogP contribution is -2.11. The number of benzene rings is 1. The molecule has 0 radical (unpaired) electrons. The van der Waals surface area contributed by atoms with Crippen molar-refractivity contribution in [1.29, 1.82) is 0 Å². The van der Waals surface area contributed by atoms with Gasteiger partial charge in [-0.2, -0.15) is 0 Å². The lowest BCUT2D eigenvalue weighted by atomic mass is 9.92. The van der Waals surface area contributed by atoms with E-state index in [1.807, 2.05) is 24.3 Å². The van der Waals surface area contributed by atoms with Crippen LogP contribution in [0.25, 0.3) is 21.9 Å². The van der Waals surface area contributed by atoms with Crippen LogP contribution < -0.4 is 5.63 Å². The molecular formula is C15H15NO2. The highest BCUT2D eigenvalue weighted by Gasteiger charge is 2.19. The van der Waals surface area contributed by atoms with Crippen molar-refractivity contribution in [1.82, 2.24) is 4.98 Å². The van der Waals surface area contributed by atoms with Crippen molar-refractivity contribution in [2.45, 2.75) is 26.2 Å². The molecule has 3 aromatic rings. The van der Waals surface area contributed by atoms with E-state index in [2.05, 4.69) is 31.8 Å². The molecule has 0 amide bonds. The van der Waals surface area contributed by atoms with Crippen molar-refractivity contribution >= 4 is 21.9 Å². The topological polar surface area (TPSA) is 46.0 Å². The second-order valence-electron chi connectivity index (χ2n) is 5.61. The van der Waals surface area contributed by atoms with Crippen LogP contribution in [0.5, 0.6) is 0 Å². The third kappa shape index (κ3) is 1.55. The highest BCUT2D eigenvalue weighted by molar-refractivity contribution is 6.03. The van der Waals surface area contributed by atoms with Gasteiger partial charge in [-0.05, 0) is 12.1 Å². The summed E-state index contributed by atoms with van der Waals surface area (Å²) >= 11 is 0. The minimum Gasteiger partial charge on any atom is -0.421 e. The molecule has 0 aliphatic heterocycles. The first-order chi connectivity index (χ1) is 8.47. The molecule has 3 nitrogen and oxygen atoms in total. The van der Waals surface area contributed by atoms with Crippen molar-refractivity contribution in [3.8, 4) is 0 Å². The van der Waals surface area contributed by atoms with Gasteiger partial charge >= 0.3 is 5.63 Å². The Hall–Kier alpha value is -2.03. The Morgan fingerprint density at radius 2 is 1.83 bits per heavy atom. The van der Waals surface area contributed by atoms with Gasteiger partial charge in [-0.1, -0.05) is 39.0 Å². The fourth-order valence-corrected chi connectivity index (χ4v) is 2.16. The quantitative estimate of drug-likeness (QED) is 0.611. The molecule has 92 valence electrons. The number of hydrogen-bond donors (Lipinski definition) is 1. The molecule has 0 aliphatic carbocycles. The summed E-state index contributed by atoms with van der Waals surface area (Å²) in [5.74, 6) is 0. The van der Waals surface area contributed by atoms with Gasteiger partial charge in [-0.3, -0.25) is 0 Å². The average Bonchev–Trinajstić information content (AvgIpc) is 2.74. The molecule has 0 saturated heterocycles. The molecule has 0 unspecified atom stereocenters. The molecule has 2 heterocycles. The first-order valence-corrected chi connectivity index (χ1v) is 6.02. The largest absolute Gasteiger partial charge is 0.421 e. The maximum atomic E-state index is 11.9. The fraction of sp³-hybridized carbons (Fsp3) is 0.267. The predicted octanol–water partition coefficient (Wildman–Crippen LogP) is 3.57. The Labute approximate surface area is 104 Å². The van der Waals surface area contributed by atoms with E-state index >= 15 is 0 Å². The van der Waals surface area contributed by atoms with E-state index in [0.29, 0.717) is 11.1 Å². The van der Waals surface area contributed by atoms with Gasteiger partial charge in [-0.25, -0.2) is 4.79 Å². The summed E-state index contributed by atoms with van der Waals surface area (Å²) in [6, 6.07) is 9.66. The Balaban J connectivity index is 2.49. The number of aromatic amines is 1. The molecule has 0 atom stereocenters. The van der Waals surface area contributed by atoms with Gasteiger partial charge in [0.25, 0.3) is 0 Å². The first kappa shape index (κ1) is 11.1. The molecule has 0 spiro atoms. The lowest BCUT2D eigenvalue weighted by molar-refractivity contribution is 0.562. The van der Waals surface area contributed by atoms with E-state index in [0.717, 1.165) is 16.5 Å². The van der Waals surface area contributed by atoms with E-state index < -0.39 is 0 Å². The van der Waals surface area contributed by atoms with E-state index in [-0.39, 0.29) is 11.0 Å². The van der Waals surface area contributed by atoms with Crippen molar-refractivity contribution in [3.05, 3.63) is 46.4 Å². The average molecular weight is 241 g/mol. The Morgan fingerprint density at radius 3 is 2.56 bits per heavy atom. The Bertz CT molecular complexity index is 787. The smallest absolute Gasteiger partial charge is 0.360 e. The minimum absolute atomic E-state index is 0.0213. The molecule has 0 saturated carbocycles. The second-order valence-corrected chi connectivity index (χ2v) is 5.61. The number of nitrogens with one attached hydrogen (secondary N) is 1. The summed E-state index contributed by atoms with van der Waals surface area (Å²) in [5.41, 5.74) is 1.90. The molecule has 0 fully saturated rings. The standard InChI is InChI=1S/C15H15NO2/c1-15(2,3)12-8-10-9-6-4-5-7-11(9)18-14(17)13(10)16-12/h4-8,16H,1-3H3. The highest BCUT2D eigenvalue weighted by atomic mass is 16.4. The minimum atomic E-state index is -0.306. The molecule has 0 aliphatic rings. The monoisotopic (exact) mass is 241 g/mol. The molecular weight excluding hydrogens is 226 g/mol. The van der Waals surface area contributed by atoms with Crippen LogP contribution in [0, 0.1) is 0 Å². The van der Waals surface area contributed by atoms with Gasteiger partial charge in [0.05, 0.1) is 0 Å². The van der Waals surface area contributed by atoms with Crippen molar-refractivity contribution < 1.29 is 4.42 Å².